The first kappa shape index (κ1) is 23.3. The number of hydrogen-bond acceptors (Lipinski definition) is 9. The highest BCUT2D eigenvalue weighted by molar-refractivity contribution is 7.89. The maximum Gasteiger partial charge on any atom is 0.307 e. The van der Waals surface area contributed by atoms with Gasteiger partial charge in [-0.15, -0.1) is 0 Å². The Morgan fingerprint density at radius 1 is 1.12 bits per heavy atom. The SMILES string of the molecule is COC(=O)C[C@H](C(=O)NO)N(Cc1ccc2c(c1)OCO2)S(=O)(=O)c1ccc(OC)cc1. The maximum atomic E-state index is 13.5. The Kier molecular flexibility index (Phi) is 7.18. The molecule has 0 aliphatic carbocycles. The number of ether oxygens (including phenoxy) is 4. The fraction of sp³-hybridized carbons (Fsp3) is 0.300. The Morgan fingerprint density at radius 3 is 2.44 bits per heavy atom. The number of fused-ring (bicyclic) bond motifs is 1. The van der Waals surface area contributed by atoms with Crippen LogP contribution in [0.2, 0.25) is 0 Å². The van der Waals surface area contributed by atoms with Gasteiger partial charge < -0.3 is 18.9 Å². The van der Waals surface area contributed by atoms with Gasteiger partial charge in [0, 0.05) is 6.54 Å². The number of sulfonamides is 1. The van der Waals surface area contributed by atoms with Crippen LogP contribution in [0, 0.1) is 0 Å². The van der Waals surface area contributed by atoms with Gasteiger partial charge in [-0.1, -0.05) is 6.07 Å². The molecule has 0 spiro atoms. The largest absolute Gasteiger partial charge is 0.497 e. The van der Waals surface area contributed by atoms with Crippen molar-refractivity contribution in [1.82, 2.24) is 9.79 Å². The number of carbonyl (C=O) groups is 2. The molecular formula is C20H22N2O9S. The molecular weight excluding hydrogens is 444 g/mol. The van der Waals surface area contributed by atoms with E-state index in [2.05, 4.69) is 4.74 Å². The molecule has 12 heteroatoms. The van der Waals surface area contributed by atoms with Crippen LogP contribution in [-0.4, -0.2) is 56.9 Å². The third-order valence-corrected chi connectivity index (χ3v) is 6.66. The van der Waals surface area contributed by atoms with Crippen molar-refractivity contribution in [3.63, 3.8) is 0 Å². The normalized spacial score (nSPS) is 13.5. The summed E-state index contributed by atoms with van der Waals surface area (Å²) in [7, 11) is -1.78. The van der Waals surface area contributed by atoms with Crippen LogP contribution < -0.4 is 19.7 Å². The number of carbonyl (C=O) groups excluding carboxylic acids is 2. The Labute approximate surface area is 184 Å². The van der Waals surface area contributed by atoms with Crippen LogP contribution in [0.15, 0.2) is 47.4 Å². The van der Waals surface area contributed by atoms with E-state index in [1.54, 1.807) is 18.2 Å². The molecule has 1 aliphatic heterocycles. The summed E-state index contributed by atoms with van der Waals surface area (Å²) in [6.45, 7) is -0.273. The highest BCUT2D eigenvalue weighted by Crippen LogP contribution is 2.34. The molecule has 0 radical (unpaired) electrons. The van der Waals surface area contributed by atoms with E-state index in [1.165, 1.54) is 36.9 Å². The summed E-state index contributed by atoms with van der Waals surface area (Å²) in [6.07, 6.45) is -0.622. The average Bonchev–Trinajstić information content (AvgIpc) is 3.28. The van der Waals surface area contributed by atoms with Gasteiger partial charge in [0.15, 0.2) is 11.5 Å². The van der Waals surface area contributed by atoms with Crippen LogP contribution in [0.5, 0.6) is 17.2 Å². The van der Waals surface area contributed by atoms with Crippen LogP contribution >= 0.6 is 0 Å². The van der Waals surface area contributed by atoms with Crippen molar-refractivity contribution >= 4 is 21.9 Å². The van der Waals surface area contributed by atoms with Crippen molar-refractivity contribution in [2.24, 2.45) is 0 Å². The topological polar surface area (TPSA) is 141 Å². The third-order valence-electron chi connectivity index (χ3n) is 4.79. The Balaban J connectivity index is 2.05. The number of hydroxylamine groups is 1. The minimum absolute atomic E-state index is 0.0323. The fourth-order valence-electron chi connectivity index (χ4n) is 3.11. The molecule has 11 nitrogen and oxygen atoms in total. The van der Waals surface area contributed by atoms with E-state index in [1.807, 2.05) is 0 Å². The summed E-state index contributed by atoms with van der Waals surface area (Å²) >= 11 is 0. The number of hydrogen-bond donors (Lipinski definition) is 2. The Morgan fingerprint density at radius 2 is 1.81 bits per heavy atom. The molecule has 172 valence electrons. The van der Waals surface area contributed by atoms with Gasteiger partial charge in [0.05, 0.1) is 25.5 Å². The van der Waals surface area contributed by atoms with E-state index < -0.39 is 34.4 Å². The number of nitrogens with zero attached hydrogens (tertiary/aromatic N) is 1. The number of nitrogens with one attached hydrogen (secondary N) is 1. The molecule has 3 rings (SSSR count). The number of esters is 1. The summed E-state index contributed by atoms with van der Waals surface area (Å²) in [5.74, 6) is -0.573. The highest BCUT2D eigenvalue weighted by atomic mass is 32.2. The monoisotopic (exact) mass is 466 g/mol. The first-order valence-electron chi connectivity index (χ1n) is 9.35. The van der Waals surface area contributed by atoms with Gasteiger partial charge in [-0.2, -0.15) is 4.31 Å². The number of methoxy groups -OCH3 is 2. The predicted octanol–water partition coefficient (Wildman–Crippen LogP) is 1.05. The van der Waals surface area contributed by atoms with Crippen molar-refractivity contribution in [1.29, 1.82) is 0 Å². The van der Waals surface area contributed by atoms with Crippen molar-refractivity contribution in [2.45, 2.75) is 23.9 Å². The summed E-state index contributed by atoms with van der Waals surface area (Å²) in [6, 6.07) is 8.73. The second-order valence-electron chi connectivity index (χ2n) is 6.69. The minimum Gasteiger partial charge on any atom is -0.497 e. The molecule has 0 saturated heterocycles. The van der Waals surface area contributed by atoms with Crippen molar-refractivity contribution in [2.75, 3.05) is 21.0 Å². The van der Waals surface area contributed by atoms with Gasteiger partial charge in [-0.3, -0.25) is 14.8 Å². The summed E-state index contributed by atoms with van der Waals surface area (Å²) in [4.78, 5) is 24.2. The van der Waals surface area contributed by atoms with Gasteiger partial charge in [-0.25, -0.2) is 13.9 Å². The van der Waals surface area contributed by atoms with Crippen LogP contribution in [0.4, 0.5) is 0 Å². The summed E-state index contributed by atoms with van der Waals surface area (Å²) in [5, 5.41) is 9.21. The van der Waals surface area contributed by atoms with Gasteiger partial charge in [0.25, 0.3) is 5.91 Å². The van der Waals surface area contributed by atoms with E-state index >= 15 is 0 Å². The molecule has 0 unspecified atom stereocenters. The van der Waals surface area contributed by atoms with Crippen LogP contribution in [0.25, 0.3) is 0 Å². The maximum absolute atomic E-state index is 13.5. The fourth-order valence-corrected chi connectivity index (χ4v) is 4.68. The zero-order valence-electron chi connectivity index (χ0n) is 17.3. The molecule has 0 saturated carbocycles. The lowest BCUT2D eigenvalue weighted by Gasteiger charge is -2.29. The standard InChI is InChI=1S/C20H22N2O9S/c1-28-14-4-6-15(7-5-14)32(26,27)22(16(20(24)21-25)10-19(23)29-2)11-13-3-8-17-18(9-13)31-12-30-17/h3-9,16,25H,10-12H2,1-2H3,(H,21,24)/t16-/m1/s1. The average molecular weight is 466 g/mol. The van der Waals surface area contributed by atoms with Gasteiger partial charge in [-0.05, 0) is 42.0 Å². The minimum atomic E-state index is -4.32. The second kappa shape index (κ2) is 9.85. The lowest BCUT2D eigenvalue weighted by atomic mass is 10.1. The van der Waals surface area contributed by atoms with E-state index in [-0.39, 0.29) is 18.2 Å². The number of benzene rings is 2. The molecule has 0 aromatic heterocycles. The molecule has 1 atom stereocenters. The number of amides is 1. The van der Waals surface area contributed by atoms with Gasteiger partial charge in [0.1, 0.15) is 11.8 Å². The zero-order valence-corrected chi connectivity index (χ0v) is 18.1. The van der Waals surface area contributed by atoms with E-state index in [0.29, 0.717) is 22.8 Å². The van der Waals surface area contributed by atoms with Crippen molar-refractivity contribution in [3.05, 3.63) is 48.0 Å². The lowest BCUT2D eigenvalue weighted by Crippen LogP contribution is -2.49. The first-order valence-corrected chi connectivity index (χ1v) is 10.8. The van der Waals surface area contributed by atoms with E-state index in [9.17, 15) is 23.2 Å². The number of rotatable bonds is 9. The smallest absolute Gasteiger partial charge is 0.307 e. The summed E-state index contributed by atoms with van der Waals surface area (Å²) < 4.78 is 48.1. The first-order chi connectivity index (χ1) is 15.3. The second-order valence-corrected chi connectivity index (χ2v) is 8.58. The molecule has 0 fully saturated rings. The van der Waals surface area contributed by atoms with Crippen LogP contribution in [0.1, 0.15) is 12.0 Å². The van der Waals surface area contributed by atoms with Crippen LogP contribution in [-0.2, 0) is 30.9 Å². The quantitative estimate of drug-likeness (QED) is 0.315. The molecule has 2 aromatic carbocycles. The molecule has 1 amide bonds. The van der Waals surface area contributed by atoms with Crippen molar-refractivity contribution < 1.29 is 42.2 Å². The predicted molar refractivity (Wildman–Crippen MR) is 109 cm³/mol. The third kappa shape index (κ3) is 4.93. The molecule has 1 aliphatic rings. The van der Waals surface area contributed by atoms with Crippen LogP contribution in [0.3, 0.4) is 0 Å². The molecule has 1 heterocycles. The molecule has 32 heavy (non-hydrogen) atoms. The van der Waals surface area contributed by atoms with E-state index in [0.717, 1.165) is 11.4 Å². The zero-order chi connectivity index (χ0) is 23.3. The van der Waals surface area contributed by atoms with Gasteiger partial charge >= 0.3 is 5.97 Å². The molecule has 2 aromatic rings. The van der Waals surface area contributed by atoms with E-state index in [4.69, 9.17) is 14.2 Å². The highest BCUT2D eigenvalue weighted by Gasteiger charge is 2.38. The summed E-state index contributed by atoms with van der Waals surface area (Å²) in [5.41, 5.74) is 1.89. The molecule has 0 bridgehead atoms. The van der Waals surface area contributed by atoms with Crippen molar-refractivity contribution in [3.8, 4) is 17.2 Å². The lowest BCUT2D eigenvalue weighted by molar-refractivity contribution is -0.145. The van der Waals surface area contributed by atoms with Gasteiger partial charge in [0.2, 0.25) is 16.8 Å². The Bertz CT molecular complexity index is 1090. The Hall–Kier alpha value is -3.35. The molecule has 2 N–H and O–H groups in total.